The van der Waals surface area contributed by atoms with E-state index >= 15 is 0 Å². The van der Waals surface area contributed by atoms with E-state index in [2.05, 4.69) is 17.0 Å². The van der Waals surface area contributed by atoms with Crippen molar-refractivity contribution >= 4 is 21.6 Å². The Balaban J connectivity index is 1.49. The minimum atomic E-state index is 0.579. The highest BCUT2D eigenvalue weighted by Crippen LogP contribution is 2.40. The maximum Gasteiger partial charge on any atom is 0.165 e. The van der Waals surface area contributed by atoms with E-state index in [0.717, 1.165) is 69.8 Å². The summed E-state index contributed by atoms with van der Waals surface area (Å²) < 4.78 is 24.1. The minimum absolute atomic E-state index is 0.579. The van der Waals surface area contributed by atoms with E-state index in [1.165, 1.54) is 4.70 Å². The number of para-hydroxylation sites is 1. The zero-order valence-electron chi connectivity index (χ0n) is 19.0. The molecular formula is C26H26N2O4S. The number of fused-ring (bicyclic) bond motifs is 2. The molecule has 2 heterocycles. The van der Waals surface area contributed by atoms with E-state index in [9.17, 15) is 0 Å². The predicted octanol–water partition coefficient (Wildman–Crippen LogP) is 5.38. The van der Waals surface area contributed by atoms with Crippen LogP contribution in [0.2, 0.25) is 0 Å². The third-order valence-electron chi connectivity index (χ3n) is 5.82. The molecule has 1 aliphatic heterocycles. The fourth-order valence-corrected chi connectivity index (χ4v) is 5.14. The highest BCUT2D eigenvalue weighted by molar-refractivity contribution is 7.21. The zero-order chi connectivity index (χ0) is 22.8. The Hall–Kier alpha value is -3.29. The lowest BCUT2D eigenvalue weighted by molar-refractivity contribution is 0.214. The molecule has 1 aromatic heterocycles. The summed E-state index contributed by atoms with van der Waals surface area (Å²) in [6.07, 6.45) is 0. The number of hydrogen-bond donors (Lipinski definition) is 0. The molecule has 170 valence electrons. The highest BCUT2D eigenvalue weighted by atomic mass is 32.1. The fraction of sp³-hybridized carbons (Fsp3) is 0.269. The van der Waals surface area contributed by atoms with E-state index in [0.29, 0.717) is 6.61 Å². The molecule has 33 heavy (non-hydrogen) atoms. The first-order valence-corrected chi connectivity index (χ1v) is 11.6. The standard InChI is InChI=1S/C26H26N2O4S/c1-29-20-8-9-22(30-2)18(13-20)15-28-10-11-32-25-19(16-28)12-17(14-23(25)31-3)26-27-21-6-4-5-7-24(21)33-26/h4-9,12-14H,10-11,15-16H2,1-3H3. The second kappa shape index (κ2) is 9.29. The van der Waals surface area contributed by atoms with Gasteiger partial charge in [0.15, 0.2) is 11.5 Å². The summed E-state index contributed by atoms with van der Waals surface area (Å²) in [6.45, 7) is 2.81. The van der Waals surface area contributed by atoms with Gasteiger partial charge in [0.1, 0.15) is 23.1 Å². The van der Waals surface area contributed by atoms with Crippen molar-refractivity contribution in [2.75, 3.05) is 34.5 Å². The van der Waals surface area contributed by atoms with Crippen molar-refractivity contribution in [2.45, 2.75) is 13.1 Å². The SMILES string of the molecule is COc1ccc(OC)c(CN2CCOc3c(cc(-c4nc5ccccc5s4)cc3OC)C2)c1. The average Bonchev–Trinajstić information content (AvgIpc) is 3.18. The molecule has 0 radical (unpaired) electrons. The Kier molecular flexibility index (Phi) is 6.07. The molecule has 0 N–H and O–H groups in total. The van der Waals surface area contributed by atoms with Gasteiger partial charge >= 0.3 is 0 Å². The van der Waals surface area contributed by atoms with Gasteiger partial charge in [-0.25, -0.2) is 4.98 Å². The molecule has 0 amide bonds. The molecule has 4 aromatic rings. The van der Waals surface area contributed by atoms with Gasteiger partial charge < -0.3 is 18.9 Å². The van der Waals surface area contributed by atoms with Crippen LogP contribution in [0.5, 0.6) is 23.0 Å². The van der Waals surface area contributed by atoms with Gasteiger partial charge in [0.2, 0.25) is 0 Å². The summed E-state index contributed by atoms with van der Waals surface area (Å²) >= 11 is 1.69. The molecular weight excluding hydrogens is 436 g/mol. The number of nitrogens with zero attached hydrogens (tertiary/aromatic N) is 2. The first-order chi connectivity index (χ1) is 16.2. The number of thiazole rings is 1. The number of rotatable bonds is 6. The van der Waals surface area contributed by atoms with E-state index in [1.54, 1.807) is 32.7 Å². The van der Waals surface area contributed by atoms with Crippen LogP contribution in [0.1, 0.15) is 11.1 Å². The van der Waals surface area contributed by atoms with Gasteiger partial charge in [-0.3, -0.25) is 4.90 Å². The summed E-state index contributed by atoms with van der Waals surface area (Å²) in [5, 5.41) is 0.975. The molecule has 5 rings (SSSR count). The van der Waals surface area contributed by atoms with Crippen LogP contribution in [-0.4, -0.2) is 44.4 Å². The summed E-state index contributed by atoms with van der Waals surface area (Å²) in [5.41, 5.74) is 4.21. The van der Waals surface area contributed by atoms with Gasteiger partial charge in [-0.15, -0.1) is 11.3 Å². The highest BCUT2D eigenvalue weighted by Gasteiger charge is 2.22. The van der Waals surface area contributed by atoms with Crippen LogP contribution < -0.4 is 18.9 Å². The molecule has 0 spiro atoms. The van der Waals surface area contributed by atoms with Crippen molar-refractivity contribution in [3.05, 3.63) is 65.7 Å². The molecule has 0 bridgehead atoms. The number of benzene rings is 3. The third kappa shape index (κ3) is 4.34. The van der Waals surface area contributed by atoms with Crippen LogP contribution >= 0.6 is 11.3 Å². The van der Waals surface area contributed by atoms with Crippen molar-refractivity contribution < 1.29 is 18.9 Å². The molecule has 0 unspecified atom stereocenters. The van der Waals surface area contributed by atoms with E-state index < -0.39 is 0 Å². The Bertz CT molecular complexity index is 1250. The molecule has 0 saturated carbocycles. The maximum atomic E-state index is 6.15. The third-order valence-corrected chi connectivity index (χ3v) is 6.91. The van der Waals surface area contributed by atoms with Crippen molar-refractivity contribution in [3.63, 3.8) is 0 Å². The van der Waals surface area contributed by atoms with Crippen LogP contribution in [0.4, 0.5) is 0 Å². The summed E-state index contributed by atoms with van der Waals surface area (Å²) in [6, 6.07) is 18.3. The van der Waals surface area contributed by atoms with Gasteiger partial charge in [0, 0.05) is 36.3 Å². The summed E-state index contributed by atoms with van der Waals surface area (Å²) in [4.78, 5) is 7.19. The normalized spacial score (nSPS) is 13.8. The predicted molar refractivity (Wildman–Crippen MR) is 131 cm³/mol. The van der Waals surface area contributed by atoms with Crippen LogP contribution in [0.25, 0.3) is 20.8 Å². The Morgan fingerprint density at radius 1 is 0.970 bits per heavy atom. The van der Waals surface area contributed by atoms with E-state index in [1.807, 2.05) is 42.5 Å². The zero-order valence-corrected chi connectivity index (χ0v) is 19.8. The molecule has 3 aromatic carbocycles. The smallest absolute Gasteiger partial charge is 0.165 e. The molecule has 7 heteroatoms. The van der Waals surface area contributed by atoms with Crippen LogP contribution in [0.3, 0.4) is 0 Å². The van der Waals surface area contributed by atoms with Crippen LogP contribution in [-0.2, 0) is 13.1 Å². The Morgan fingerprint density at radius 3 is 2.61 bits per heavy atom. The molecule has 0 atom stereocenters. The van der Waals surface area contributed by atoms with E-state index in [-0.39, 0.29) is 0 Å². The quantitative estimate of drug-likeness (QED) is 0.383. The van der Waals surface area contributed by atoms with Crippen LogP contribution in [0.15, 0.2) is 54.6 Å². The summed E-state index contributed by atoms with van der Waals surface area (Å²) in [7, 11) is 5.06. The number of methoxy groups -OCH3 is 3. The molecule has 0 saturated heterocycles. The van der Waals surface area contributed by atoms with Gasteiger partial charge in [-0.2, -0.15) is 0 Å². The molecule has 1 aliphatic rings. The van der Waals surface area contributed by atoms with Gasteiger partial charge in [-0.1, -0.05) is 12.1 Å². The van der Waals surface area contributed by atoms with Crippen molar-refractivity contribution in [1.82, 2.24) is 9.88 Å². The van der Waals surface area contributed by atoms with E-state index in [4.69, 9.17) is 23.9 Å². The molecule has 0 fully saturated rings. The average molecular weight is 463 g/mol. The lowest BCUT2D eigenvalue weighted by Gasteiger charge is -2.21. The Labute approximate surface area is 197 Å². The number of hydrogen-bond acceptors (Lipinski definition) is 7. The second-order valence-corrected chi connectivity index (χ2v) is 8.92. The first kappa shape index (κ1) is 21.6. The molecule has 0 aliphatic carbocycles. The number of ether oxygens (including phenoxy) is 4. The van der Waals surface area contributed by atoms with Crippen molar-refractivity contribution in [3.8, 4) is 33.6 Å². The lowest BCUT2D eigenvalue weighted by Crippen LogP contribution is -2.25. The number of aromatic nitrogens is 1. The fourth-order valence-electron chi connectivity index (χ4n) is 4.19. The largest absolute Gasteiger partial charge is 0.497 e. The molecule has 6 nitrogen and oxygen atoms in total. The minimum Gasteiger partial charge on any atom is -0.497 e. The van der Waals surface area contributed by atoms with Gasteiger partial charge in [-0.05, 0) is 42.5 Å². The topological polar surface area (TPSA) is 53.1 Å². The Morgan fingerprint density at radius 2 is 1.82 bits per heavy atom. The lowest BCUT2D eigenvalue weighted by atomic mass is 10.1. The van der Waals surface area contributed by atoms with Crippen molar-refractivity contribution in [2.24, 2.45) is 0 Å². The second-order valence-electron chi connectivity index (χ2n) is 7.89. The van der Waals surface area contributed by atoms with Gasteiger partial charge in [0.25, 0.3) is 0 Å². The monoisotopic (exact) mass is 462 g/mol. The first-order valence-electron chi connectivity index (χ1n) is 10.8. The van der Waals surface area contributed by atoms with Gasteiger partial charge in [0.05, 0.1) is 31.5 Å². The maximum absolute atomic E-state index is 6.15. The van der Waals surface area contributed by atoms with Crippen LogP contribution in [0, 0.1) is 0 Å². The summed E-state index contributed by atoms with van der Waals surface area (Å²) in [5.74, 6) is 3.21. The van der Waals surface area contributed by atoms with Crippen molar-refractivity contribution in [1.29, 1.82) is 0 Å².